The number of hydrogen-bond acceptors (Lipinski definition) is 2. The third-order valence-corrected chi connectivity index (χ3v) is 4.54. The van der Waals surface area contributed by atoms with Crippen molar-refractivity contribution in [3.63, 3.8) is 0 Å². The van der Waals surface area contributed by atoms with Crippen molar-refractivity contribution in [2.75, 3.05) is 0 Å². The number of ketones is 1. The highest BCUT2D eigenvalue weighted by Gasteiger charge is 2.49. The summed E-state index contributed by atoms with van der Waals surface area (Å²) in [6, 6.07) is 0. The van der Waals surface area contributed by atoms with Crippen molar-refractivity contribution < 1.29 is 9.53 Å². The second-order valence-electron chi connectivity index (χ2n) is 6.84. The van der Waals surface area contributed by atoms with Crippen molar-refractivity contribution >= 4 is 5.78 Å². The van der Waals surface area contributed by atoms with E-state index in [9.17, 15) is 4.79 Å². The fraction of sp³-hybridized carbons (Fsp3) is 0.929. The average molecular weight is 224 g/mol. The fourth-order valence-electron chi connectivity index (χ4n) is 2.69. The van der Waals surface area contributed by atoms with Crippen LogP contribution in [0.4, 0.5) is 0 Å². The molecule has 2 rings (SSSR count). The smallest absolute Gasteiger partial charge is 0.143 e. The number of carbonyl (C=O) groups is 1. The van der Waals surface area contributed by atoms with Crippen LogP contribution in [0.1, 0.15) is 59.8 Å². The second kappa shape index (κ2) is 3.83. The molecule has 92 valence electrons. The quantitative estimate of drug-likeness (QED) is 0.719. The van der Waals surface area contributed by atoms with E-state index in [1.54, 1.807) is 0 Å². The predicted molar refractivity (Wildman–Crippen MR) is 64.3 cm³/mol. The molecular weight excluding hydrogens is 200 g/mol. The maximum Gasteiger partial charge on any atom is 0.143 e. The SMILES string of the molecule is CC1(C)CCC(OC2CC(=O)C2(C)C)CC1. The minimum Gasteiger partial charge on any atom is -0.374 e. The molecule has 0 heterocycles. The largest absolute Gasteiger partial charge is 0.374 e. The van der Waals surface area contributed by atoms with E-state index < -0.39 is 0 Å². The van der Waals surface area contributed by atoms with Gasteiger partial charge in [-0.1, -0.05) is 27.7 Å². The molecular formula is C14H24O2. The highest BCUT2D eigenvalue weighted by atomic mass is 16.5. The highest BCUT2D eigenvalue weighted by molar-refractivity contribution is 5.91. The molecule has 0 N–H and O–H groups in total. The number of Topliss-reactive ketones (excluding diaryl/α,β-unsaturated/α-hetero) is 1. The minimum absolute atomic E-state index is 0.172. The normalized spacial score (nSPS) is 33.5. The van der Waals surface area contributed by atoms with E-state index in [-0.39, 0.29) is 11.5 Å². The molecule has 0 radical (unpaired) electrons. The molecule has 0 aromatic carbocycles. The van der Waals surface area contributed by atoms with Gasteiger partial charge in [0.2, 0.25) is 0 Å². The van der Waals surface area contributed by atoms with Crippen LogP contribution in [0.3, 0.4) is 0 Å². The molecule has 0 amide bonds. The first-order valence-corrected chi connectivity index (χ1v) is 6.50. The second-order valence-corrected chi connectivity index (χ2v) is 6.84. The summed E-state index contributed by atoms with van der Waals surface area (Å²) in [4.78, 5) is 11.4. The Morgan fingerprint density at radius 3 is 2.12 bits per heavy atom. The first-order chi connectivity index (χ1) is 7.31. The molecule has 0 bridgehead atoms. The lowest BCUT2D eigenvalue weighted by molar-refractivity contribution is -0.169. The van der Waals surface area contributed by atoms with Crippen LogP contribution in [-0.2, 0) is 9.53 Å². The van der Waals surface area contributed by atoms with Gasteiger partial charge in [-0.3, -0.25) is 4.79 Å². The minimum atomic E-state index is -0.229. The molecule has 2 fully saturated rings. The lowest BCUT2D eigenvalue weighted by Crippen LogP contribution is -2.52. The number of hydrogen-bond donors (Lipinski definition) is 0. The summed E-state index contributed by atoms with van der Waals surface area (Å²) in [5, 5.41) is 0. The Kier molecular flexibility index (Phi) is 2.90. The van der Waals surface area contributed by atoms with E-state index in [1.807, 2.05) is 13.8 Å². The van der Waals surface area contributed by atoms with Gasteiger partial charge in [-0.25, -0.2) is 0 Å². The van der Waals surface area contributed by atoms with Gasteiger partial charge in [-0.2, -0.15) is 0 Å². The molecule has 0 aromatic rings. The molecule has 1 atom stereocenters. The van der Waals surface area contributed by atoms with Crippen LogP contribution < -0.4 is 0 Å². The van der Waals surface area contributed by atoms with Crippen LogP contribution >= 0.6 is 0 Å². The van der Waals surface area contributed by atoms with E-state index in [2.05, 4.69) is 13.8 Å². The van der Waals surface area contributed by atoms with Crippen molar-refractivity contribution in [3.8, 4) is 0 Å². The Balaban J connectivity index is 1.82. The third kappa shape index (κ3) is 2.17. The van der Waals surface area contributed by atoms with Crippen molar-refractivity contribution in [2.24, 2.45) is 10.8 Å². The van der Waals surface area contributed by atoms with Crippen LogP contribution in [0.2, 0.25) is 0 Å². The number of ether oxygens (including phenoxy) is 1. The molecule has 2 aliphatic rings. The number of rotatable bonds is 2. The average Bonchev–Trinajstić information content (AvgIpc) is 2.20. The summed E-state index contributed by atoms with van der Waals surface area (Å²) in [5.74, 6) is 0.355. The van der Waals surface area contributed by atoms with Gasteiger partial charge in [-0.15, -0.1) is 0 Å². The first kappa shape index (κ1) is 12.1. The fourth-order valence-corrected chi connectivity index (χ4v) is 2.69. The molecule has 0 spiro atoms. The van der Waals surface area contributed by atoms with Crippen molar-refractivity contribution in [2.45, 2.75) is 72.0 Å². The summed E-state index contributed by atoms with van der Waals surface area (Å²) in [6.07, 6.45) is 6.02. The molecule has 2 heteroatoms. The standard InChI is InChI=1S/C14H24O2/c1-13(2)7-5-10(6-8-13)16-12-9-11(15)14(12,3)4/h10,12H,5-9H2,1-4H3. The summed E-state index contributed by atoms with van der Waals surface area (Å²) < 4.78 is 6.09. The van der Waals surface area contributed by atoms with E-state index >= 15 is 0 Å². The van der Waals surface area contributed by atoms with Gasteiger partial charge in [0, 0.05) is 6.42 Å². The Morgan fingerprint density at radius 2 is 1.69 bits per heavy atom. The molecule has 16 heavy (non-hydrogen) atoms. The Labute approximate surface area is 98.7 Å². The number of carbonyl (C=O) groups excluding carboxylic acids is 1. The van der Waals surface area contributed by atoms with Gasteiger partial charge in [0.05, 0.1) is 17.6 Å². The van der Waals surface area contributed by atoms with Crippen LogP contribution in [0.15, 0.2) is 0 Å². The van der Waals surface area contributed by atoms with E-state index in [1.165, 1.54) is 12.8 Å². The van der Waals surface area contributed by atoms with Crippen molar-refractivity contribution in [1.29, 1.82) is 0 Å². The van der Waals surface area contributed by atoms with Crippen LogP contribution in [0.5, 0.6) is 0 Å². The first-order valence-electron chi connectivity index (χ1n) is 6.50. The zero-order chi connectivity index (χ0) is 12.0. The van der Waals surface area contributed by atoms with Gasteiger partial charge in [0.1, 0.15) is 5.78 Å². The molecule has 0 aliphatic heterocycles. The molecule has 0 aromatic heterocycles. The summed E-state index contributed by atoms with van der Waals surface area (Å²) in [7, 11) is 0. The van der Waals surface area contributed by atoms with Gasteiger partial charge in [0.15, 0.2) is 0 Å². The Hall–Kier alpha value is -0.370. The Morgan fingerprint density at radius 1 is 1.12 bits per heavy atom. The van der Waals surface area contributed by atoms with E-state index in [0.717, 1.165) is 12.8 Å². The monoisotopic (exact) mass is 224 g/mol. The van der Waals surface area contributed by atoms with Gasteiger partial charge >= 0.3 is 0 Å². The molecule has 0 saturated heterocycles. The zero-order valence-corrected chi connectivity index (χ0v) is 11.0. The summed E-state index contributed by atoms with van der Waals surface area (Å²) in [6.45, 7) is 8.69. The van der Waals surface area contributed by atoms with Crippen LogP contribution in [-0.4, -0.2) is 18.0 Å². The van der Waals surface area contributed by atoms with Crippen molar-refractivity contribution in [1.82, 2.24) is 0 Å². The van der Waals surface area contributed by atoms with Crippen LogP contribution in [0, 0.1) is 10.8 Å². The lowest BCUT2D eigenvalue weighted by Gasteiger charge is -2.45. The maximum absolute atomic E-state index is 11.4. The maximum atomic E-state index is 11.4. The zero-order valence-electron chi connectivity index (χ0n) is 11.0. The highest BCUT2D eigenvalue weighted by Crippen LogP contribution is 2.42. The molecule has 1 unspecified atom stereocenters. The third-order valence-electron chi connectivity index (χ3n) is 4.54. The summed E-state index contributed by atoms with van der Waals surface area (Å²) in [5.41, 5.74) is 0.262. The summed E-state index contributed by atoms with van der Waals surface area (Å²) >= 11 is 0. The van der Waals surface area contributed by atoms with E-state index in [4.69, 9.17) is 4.74 Å². The van der Waals surface area contributed by atoms with Crippen LogP contribution in [0.25, 0.3) is 0 Å². The topological polar surface area (TPSA) is 26.3 Å². The predicted octanol–water partition coefficient (Wildman–Crippen LogP) is 3.34. The molecule has 2 saturated carbocycles. The van der Waals surface area contributed by atoms with Gasteiger partial charge in [-0.05, 0) is 31.1 Å². The molecule has 2 aliphatic carbocycles. The van der Waals surface area contributed by atoms with Crippen molar-refractivity contribution in [3.05, 3.63) is 0 Å². The molecule has 2 nitrogen and oxygen atoms in total. The van der Waals surface area contributed by atoms with Gasteiger partial charge < -0.3 is 4.74 Å². The van der Waals surface area contributed by atoms with Gasteiger partial charge in [0.25, 0.3) is 0 Å². The van der Waals surface area contributed by atoms with E-state index in [0.29, 0.717) is 23.7 Å². The Bertz CT molecular complexity index is 281. The lowest BCUT2D eigenvalue weighted by atomic mass is 9.67.